The van der Waals surface area contributed by atoms with E-state index in [2.05, 4.69) is 6.07 Å². The second-order valence-corrected chi connectivity index (χ2v) is 7.63. The van der Waals surface area contributed by atoms with E-state index in [9.17, 15) is 0 Å². The van der Waals surface area contributed by atoms with Crippen LogP contribution in [0.1, 0.15) is 36.6 Å². The Morgan fingerprint density at radius 2 is 1.79 bits per heavy atom. The maximum absolute atomic E-state index is 8.98. The van der Waals surface area contributed by atoms with Crippen LogP contribution in [0, 0.1) is 11.3 Å². The molecule has 168 valence electrons. The van der Waals surface area contributed by atoms with Crippen molar-refractivity contribution < 1.29 is 23.5 Å². The molecule has 3 aromatic rings. The zero-order valence-electron chi connectivity index (χ0n) is 18.8. The second-order valence-electron chi connectivity index (χ2n) is 7.63. The van der Waals surface area contributed by atoms with Gasteiger partial charge in [0.1, 0.15) is 11.5 Å². The summed E-state index contributed by atoms with van der Waals surface area (Å²) >= 11 is 0. The molecule has 2 atom stereocenters. The van der Waals surface area contributed by atoms with E-state index in [1.54, 1.807) is 24.3 Å². The third-order valence-corrected chi connectivity index (χ3v) is 5.32. The topological polar surface area (TPSA) is 69.9 Å². The highest BCUT2D eigenvalue weighted by atomic mass is 16.7. The lowest BCUT2D eigenvalue weighted by Gasteiger charge is -2.17. The monoisotopic (exact) mass is 443 g/mol. The van der Waals surface area contributed by atoms with Gasteiger partial charge in [0.05, 0.1) is 31.0 Å². The molecule has 4 rings (SSSR count). The molecule has 1 aliphatic heterocycles. The van der Waals surface area contributed by atoms with Crippen LogP contribution in [0.15, 0.2) is 72.8 Å². The fourth-order valence-electron chi connectivity index (χ4n) is 3.63. The first-order valence-electron chi connectivity index (χ1n) is 11.0. The van der Waals surface area contributed by atoms with Crippen LogP contribution in [0.2, 0.25) is 0 Å². The number of rotatable bonds is 9. The van der Waals surface area contributed by atoms with Gasteiger partial charge >= 0.3 is 7.12 Å². The number of nitrogens with zero attached hydrogens (tertiary/aromatic N) is 1. The zero-order chi connectivity index (χ0) is 23.0. The normalized spacial score (nSPS) is 16.4. The summed E-state index contributed by atoms with van der Waals surface area (Å²) in [6, 6.07) is 24.9. The average Bonchev–Trinajstić information content (AvgIpc) is 3.34. The molecule has 1 fully saturated rings. The smallest absolute Gasteiger partial charge is 0.457 e. The molecule has 1 saturated heterocycles. The molecule has 0 amide bonds. The highest BCUT2D eigenvalue weighted by Crippen LogP contribution is 2.27. The predicted octanol–water partition coefficient (Wildman–Crippen LogP) is 4.73. The summed E-state index contributed by atoms with van der Waals surface area (Å²) < 4.78 is 29.6. The number of nitriles is 1. The quantitative estimate of drug-likeness (QED) is 0.352. The van der Waals surface area contributed by atoms with Crippen molar-refractivity contribution in [2.75, 3.05) is 13.2 Å². The summed E-state index contributed by atoms with van der Waals surface area (Å²) in [5.41, 5.74) is 3.46. The third kappa shape index (κ3) is 6.01. The van der Waals surface area contributed by atoms with E-state index in [0.717, 1.165) is 16.6 Å². The molecular weight excluding hydrogens is 417 g/mol. The van der Waals surface area contributed by atoms with Crippen molar-refractivity contribution in [1.29, 1.82) is 5.26 Å². The van der Waals surface area contributed by atoms with Crippen LogP contribution in [-0.2, 0) is 25.4 Å². The lowest BCUT2D eigenvalue weighted by Crippen LogP contribution is -2.35. The maximum Gasteiger partial charge on any atom is 0.494 e. The van der Waals surface area contributed by atoms with E-state index in [4.69, 9.17) is 28.8 Å². The molecule has 2 unspecified atom stereocenters. The Bertz CT molecular complexity index is 1080. The fraction of sp³-hybridized carbons (Fsp3) is 0.269. The van der Waals surface area contributed by atoms with Crippen molar-refractivity contribution in [3.05, 3.63) is 89.5 Å². The Morgan fingerprint density at radius 1 is 1.03 bits per heavy atom. The molecule has 33 heavy (non-hydrogen) atoms. The number of ether oxygens (including phenoxy) is 3. The summed E-state index contributed by atoms with van der Waals surface area (Å²) in [6.07, 6.45) is -0.463. The predicted molar refractivity (Wildman–Crippen MR) is 125 cm³/mol. The van der Waals surface area contributed by atoms with Crippen LogP contribution in [-0.4, -0.2) is 26.6 Å². The lowest BCUT2D eigenvalue weighted by atomic mass is 9.76. The molecule has 0 aromatic heterocycles. The first kappa shape index (κ1) is 23.0. The molecule has 0 radical (unpaired) electrons. The van der Waals surface area contributed by atoms with Gasteiger partial charge in [0.25, 0.3) is 0 Å². The minimum Gasteiger partial charge on any atom is -0.457 e. The van der Waals surface area contributed by atoms with Gasteiger partial charge in [0.15, 0.2) is 6.29 Å². The van der Waals surface area contributed by atoms with Gasteiger partial charge in [-0.1, -0.05) is 36.4 Å². The lowest BCUT2D eigenvalue weighted by molar-refractivity contribution is -0.134. The van der Waals surface area contributed by atoms with E-state index in [0.29, 0.717) is 36.9 Å². The SMILES string of the molecule is CCOC(C)OCc1cc(Oc2ccc(C#N)cc2)ccc1B1OCC(c2ccccc2)O1. The van der Waals surface area contributed by atoms with Crippen molar-refractivity contribution >= 4 is 12.6 Å². The Hall–Kier alpha value is -3.15. The highest BCUT2D eigenvalue weighted by molar-refractivity contribution is 6.62. The van der Waals surface area contributed by atoms with Gasteiger partial charge in [-0.3, -0.25) is 0 Å². The molecule has 3 aromatic carbocycles. The van der Waals surface area contributed by atoms with E-state index in [1.165, 1.54) is 0 Å². The number of hydrogen-bond donors (Lipinski definition) is 0. The minimum absolute atomic E-state index is 0.123. The Morgan fingerprint density at radius 3 is 2.52 bits per heavy atom. The van der Waals surface area contributed by atoms with E-state index >= 15 is 0 Å². The fourth-order valence-corrected chi connectivity index (χ4v) is 3.63. The molecule has 0 spiro atoms. The molecule has 0 N–H and O–H groups in total. The van der Waals surface area contributed by atoms with Crippen molar-refractivity contribution in [3.8, 4) is 17.6 Å². The summed E-state index contributed by atoms with van der Waals surface area (Å²) in [4.78, 5) is 0. The number of hydrogen-bond acceptors (Lipinski definition) is 6. The summed E-state index contributed by atoms with van der Waals surface area (Å²) in [5, 5.41) is 8.98. The molecule has 1 aliphatic rings. The molecule has 0 aliphatic carbocycles. The molecule has 0 saturated carbocycles. The first-order chi connectivity index (χ1) is 16.2. The largest absolute Gasteiger partial charge is 0.494 e. The first-order valence-corrected chi connectivity index (χ1v) is 11.0. The standard InChI is InChI=1S/C26H26BNO5/c1-3-29-19(2)30-17-22-15-24(32-23-11-9-20(16-28)10-12-23)13-14-25(22)27-31-18-26(33-27)21-7-5-4-6-8-21/h4-15,19,26H,3,17-18H2,1-2H3. The molecule has 7 heteroatoms. The van der Waals surface area contributed by atoms with Gasteiger partial charge in [-0.25, -0.2) is 0 Å². The van der Waals surface area contributed by atoms with E-state index < -0.39 is 7.12 Å². The number of benzene rings is 3. The summed E-state index contributed by atoms with van der Waals surface area (Å²) in [5.74, 6) is 1.30. The zero-order valence-corrected chi connectivity index (χ0v) is 18.8. The Labute approximate surface area is 194 Å². The molecule has 0 bridgehead atoms. The van der Waals surface area contributed by atoms with Gasteiger partial charge in [-0.15, -0.1) is 0 Å². The third-order valence-electron chi connectivity index (χ3n) is 5.32. The average molecular weight is 443 g/mol. The van der Waals surface area contributed by atoms with Gasteiger partial charge in [0.2, 0.25) is 0 Å². The van der Waals surface area contributed by atoms with Crippen LogP contribution < -0.4 is 10.2 Å². The van der Waals surface area contributed by atoms with Crippen LogP contribution in [0.3, 0.4) is 0 Å². The van der Waals surface area contributed by atoms with Crippen LogP contribution in [0.4, 0.5) is 0 Å². The molecule has 1 heterocycles. The van der Waals surface area contributed by atoms with E-state index in [-0.39, 0.29) is 12.4 Å². The molecule has 6 nitrogen and oxygen atoms in total. The van der Waals surface area contributed by atoms with Crippen molar-refractivity contribution in [3.63, 3.8) is 0 Å². The summed E-state index contributed by atoms with van der Waals surface area (Å²) in [6.45, 7) is 5.17. The van der Waals surface area contributed by atoms with Crippen LogP contribution in [0.5, 0.6) is 11.5 Å². The summed E-state index contributed by atoms with van der Waals surface area (Å²) in [7, 11) is -0.500. The Balaban J connectivity index is 1.54. The van der Waals surface area contributed by atoms with Gasteiger partial charge in [-0.05, 0) is 66.8 Å². The second kappa shape index (κ2) is 11.1. The van der Waals surface area contributed by atoms with E-state index in [1.807, 2.05) is 62.4 Å². The molecular formula is C26H26BNO5. The van der Waals surface area contributed by atoms with Gasteiger partial charge in [-0.2, -0.15) is 5.26 Å². The van der Waals surface area contributed by atoms with Gasteiger partial charge in [0, 0.05) is 6.61 Å². The Kier molecular flexibility index (Phi) is 7.77. The minimum atomic E-state index is -0.500. The van der Waals surface area contributed by atoms with Crippen LogP contribution >= 0.6 is 0 Å². The van der Waals surface area contributed by atoms with Gasteiger partial charge < -0.3 is 23.5 Å². The maximum atomic E-state index is 8.98. The van der Waals surface area contributed by atoms with Crippen molar-refractivity contribution in [1.82, 2.24) is 0 Å². The van der Waals surface area contributed by atoms with Crippen molar-refractivity contribution in [2.45, 2.75) is 32.8 Å². The van der Waals surface area contributed by atoms with Crippen LogP contribution in [0.25, 0.3) is 0 Å². The highest BCUT2D eigenvalue weighted by Gasteiger charge is 2.35. The van der Waals surface area contributed by atoms with Crippen molar-refractivity contribution in [2.24, 2.45) is 0 Å².